The molecule has 0 rings (SSSR count). The summed E-state index contributed by atoms with van der Waals surface area (Å²) >= 11 is 0. The number of allylic oxidation sites excluding steroid dienone is 1. The summed E-state index contributed by atoms with van der Waals surface area (Å²) in [5.74, 6) is -0.681. The van der Waals surface area contributed by atoms with Crippen LogP contribution in [0.25, 0.3) is 0 Å². The van der Waals surface area contributed by atoms with Gasteiger partial charge in [0.25, 0.3) is 0 Å². The van der Waals surface area contributed by atoms with E-state index in [1.165, 1.54) is 13.2 Å². The third kappa shape index (κ3) is 6.22. The van der Waals surface area contributed by atoms with Gasteiger partial charge in [0.1, 0.15) is 6.04 Å². The van der Waals surface area contributed by atoms with Gasteiger partial charge in [-0.2, -0.15) is 0 Å². The van der Waals surface area contributed by atoms with E-state index in [2.05, 4.69) is 17.0 Å². The molecule has 0 aromatic rings. The van der Waals surface area contributed by atoms with Crippen molar-refractivity contribution < 1.29 is 14.3 Å². The van der Waals surface area contributed by atoms with Crippen LogP contribution in [0.4, 0.5) is 0 Å². The molecule has 0 aromatic carbocycles. The highest BCUT2D eigenvalue weighted by Crippen LogP contribution is 2.05. The highest BCUT2D eigenvalue weighted by molar-refractivity contribution is 5.91. The van der Waals surface area contributed by atoms with Crippen LogP contribution in [-0.4, -0.2) is 25.0 Å². The Morgan fingerprint density at radius 1 is 1.44 bits per heavy atom. The van der Waals surface area contributed by atoms with Crippen molar-refractivity contribution >= 4 is 11.9 Å². The lowest BCUT2D eigenvalue weighted by atomic mass is 10.1. The molecular weight excluding hydrogens is 206 g/mol. The SMILES string of the molecule is CCCC/C(C)=C/C(=O)NC(C)C(=O)OC. The monoisotopic (exact) mass is 227 g/mol. The molecule has 92 valence electrons. The third-order valence-corrected chi connectivity index (χ3v) is 2.22. The van der Waals surface area contributed by atoms with Gasteiger partial charge in [0.15, 0.2) is 0 Å². The van der Waals surface area contributed by atoms with Gasteiger partial charge in [-0.25, -0.2) is 4.79 Å². The summed E-state index contributed by atoms with van der Waals surface area (Å²) in [6, 6.07) is -0.604. The number of unbranched alkanes of at least 4 members (excludes halogenated alkanes) is 1. The largest absolute Gasteiger partial charge is 0.467 e. The zero-order chi connectivity index (χ0) is 12.6. The minimum absolute atomic E-state index is 0.244. The maximum atomic E-state index is 11.5. The van der Waals surface area contributed by atoms with Crippen molar-refractivity contribution in [2.45, 2.75) is 46.1 Å². The smallest absolute Gasteiger partial charge is 0.328 e. The van der Waals surface area contributed by atoms with Gasteiger partial charge in [-0.15, -0.1) is 0 Å². The number of esters is 1. The standard InChI is InChI=1S/C12H21NO3/c1-5-6-7-9(2)8-11(14)13-10(3)12(15)16-4/h8,10H,5-7H2,1-4H3,(H,13,14)/b9-8+. The summed E-state index contributed by atoms with van der Waals surface area (Å²) in [7, 11) is 1.30. The fraction of sp³-hybridized carbons (Fsp3) is 0.667. The Labute approximate surface area is 97.1 Å². The fourth-order valence-corrected chi connectivity index (χ4v) is 1.24. The first-order chi connectivity index (χ1) is 7.51. The van der Waals surface area contributed by atoms with Gasteiger partial charge in [0.05, 0.1) is 7.11 Å². The lowest BCUT2D eigenvalue weighted by molar-refractivity contribution is -0.144. The number of hydrogen-bond donors (Lipinski definition) is 1. The van der Waals surface area contributed by atoms with Crippen LogP contribution in [0.1, 0.15) is 40.0 Å². The molecule has 0 radical (unpaired) electrons. The van der Waals surface area contributed by atoms with Crippen LogP contribution in [0.5, 0.6) is 0 Å². The van der Waals surface area contributed by atoms with Crippen LogP contribution in [-0.2, 0) is 14.3 Å². The normalized spacial score (nSPS) is 13.1. The van der Waals surface area contributed by atoms with Crippen molar-refractivity contribution in [3.05, 3.63) is 11.6 Å². The van der Waals surface area contributed by atoms with Crippen molar-refractivity contribution in [1.82, 2.24) is 5.32 Å². The molecule has 0 heterocycles. The number of carbonyl (C=O) groups is 2. The van der Waals surface area contributed by atoms with Gasteiger partial charge in [0.2, 0.25) is 5.91 Å². The molecule has 0 aliphatic carbocycles. The van der Waals surface area contributed by atoms with Crippen LogP contribution >= 0.6 is 0 Å². The van der Waals surface area contributed by atoms with E-state index in [-0.39, 0.29) is 5.91 Å². The molecule has 0 fully saturated rings. The predicted octanol–water partition coefficient (Wildman–Crippen LogP) is 1.80. The van der Waals surface area contributed by atoms with E-state index in [0.717, 1.165) is 24.8 Å². The van der Waals surface area contributed by atoms with E-state index < -0.39 is 12.0 Å². The maximum Gasteiger partial charge on any atom is 0.328 e. The van der Waals surface area contributed by atoms with Gasteiger partial charge in [-0.3, -0.25) is 4.79 Å². The topological polar surface area (TPSA) is 55.4 Å². The molecule has 0 bridgehead atoms. The molecule has 0 saturated heterocycles. The highest BCUT2D eigenvalue weighted by Gasteiger charge is 2.14. The van der Waals surface area contributed by atoms with Crippen LogP contribution in [0.15, 0.2) is 11.6 Å². The molecule has 0 spiro atoms. The third-order valence-electron chi connectivity index (χ3n) is 2.22. The minimum Gasteiger partial charge on any atom is -0.467 e. The van der Waals surface area contributed by atoms with Crippen molar-refractivity contribution in [2.75, 3.05) is 7.11 Å². The van der Waals surface area contributed by atoms with Crippen LogP contribution < -0.4 is 5.32 Å². The van der Waals surface area contributed by atoms with Gasteiger partial charge in [-0.1, -0.05) is 18.9 Å². The number of ether oxygens (including phenoxy) is 1. The number of nitrogens with one attached hydrogen (secondary N) is 1. The second kappa shape index (κ2) is 7.91. The second-order valence-electron chi connectivity index (χ2n) is 3.85. The summed E-state index contributed by atoms with van der Waals surface area (Å²) in [6.07, 6.45) is 4.62. The minimum atomic E-state index is -0.604. The first-order valence-electron chi connectivity index (χ1n) is 5.56. The number of rotatable bonds is 6. The molecule has 1 atom stereocenters. The van der Waals surface area contributed by atoms with E-state index in [0.29, 0.717) is 0 Å². The van der Waals surface area contributed by atoms with Gasteiger partial charge < -0.3 is 10.1 Å². The molecule has 4 nitrogen and oxygen atoms in total. The van der Waals surface area contributed by atoms with E-state index in [1.54, 1.807) is 6.92 Å². The number of carbonyl (C=O) groups excluding carboxylic acids is 2. The van der Waals surface area contributed by atoms with Crippen molar-refractivity contribution in [3.63, 3.8) is 0 Å². The quantitative estimate of drug-likeness (QED) is 0.556. The first-order valence-corrected chi connectivity index (χ1v) is 5.56. The fourth-order valence-electron chi connectivity index (χ4n) is 1.24. The number of hydrogen-bond acceptors (Lipinski definition) is 3. The van der Waals surface area contributed by atoms with E-state index >= 15 is 0 Å². The molecular formula is C12H21NO3. The van der Waals surface area contributed by atoms with Gasteiger partial charge >= 0.3 is 5.97 Å². The number of methoxy groups -OCH3 is 1. The summed E-state index contributed by atoms with van der Waals surface area (Å²) in [5, 5.41) is 2.55. The maximum absolute atomic E-state index is 11.5. The Bertz CT molecular complexity index is 271. The van der Waals surface area contributed by atoms with Crippen LogP contribution in [0.3, 0.4) is 0 Å². The average molecular weight is 227 g/mol. The second-order valence-corrected chi connectivity index (χ2v) is 3.85. The van der Waals surface area contributed by atoms with Crippen molar-refractivity contribution in [3.8, 4) is 0 Å². The lowest BCUT2D eigenvalue weighted by Crippen LogP contribution is -2.38. The van der Waals surface area contributed by atoms with Crippen molar-refractivity contribution in [1.29, 1.82) is 0 Å². The molecule has 1 N–H and O–H groups in total. The molecule has 0 aromatic heterocycles. The summed E-state index contributed by atoms with van der Waals surface area (Å²) < 4.78 is 4.51. The van der Waals surface area contributed by atoms with E-state index in [4.69, 9.17) is 0 Å². The molecule has 16 heavy (non-hydrogen) atoms. The predicted molar refractivity (Wildman–Crippen MR) is 62.9 cm³/mol. The lowest BCUT2D eigenvalue weighted by Gasteiger charge is -2.10. The molecule has 1 amide bonds. The first kappa shape index (κ1) is 14.7. The molecule has 1 unspecified atom stereocenters. The Hall–Kier alpha value is -1.32. The summed E-state index contributed by atoms with van der Waals surface area (Å²) in [6.45, 7) is 5.61. The summed E-state index contributed by atoms with van der Waals surface area (Å²) in [4.78, 5) is 22.5. The van der Waals surface area contributed by atoms with Crippen molar-refractivity contribution in [2.24, 2.45) is 0 Å². The van der Waals surface area contributed by atoms with Gasteiger partial charge in [0, 0.05) is 6.08 Å². The Kier molecular flexibility index (Phi) is 7.25. The zero-order valence-corrected chi connectivity index (χ0v) is 10.5. The van der Waals surface area contributed by atoms with Crippen LogP contribution in [0.2, 0.25) is 0 Å². The van der Waals surface area contributed by atoms with E-state index in [1.807, 2.05) is 6.92 Å². The highest BCUT2D eigenvalue weighted by atomic mass is 16.5. The van der Waals surface area contributed by atoms with E-state index in [9.17, 15) is 9.59 Å². The molecule has 4 heteroatoms. The zero-order valence-electron chi connectivity index (χ0n) is 10.5. The Balaban J connectivity index is 4.11. The molecule has 0 saturated carbocycles. The number of amides is 1. The van der Waals surface area contributed by atoms with Crippen LogP contribution in [0, 0.1) is 0 Å². The summed E-state index contributed by atoms with van der Waals surface area (Å²) in [5.41, 5.74) is 1.02. The molecule has 0 aliphatic heterocycles. The molecule has 0 aliphatic rings. The Morgan fingerprint density at radius 2 is 2.06 bits per heavy atom. The Morgan fingerprint density at radius 3 is 2.56 bits per heavy atom. The average Bonchev–Trinajstić information content (AvgIpc) is 2.24. The van der Waals surface area contributed by atoms with Gasteiger partial charge in [-0.05, 0) is 26.7 Å².